The number of aliphatic carboxylic acids is 1. The standard InChI is InChI=1S/C12H17ClN2O3/c1-3-9(7-14)4-5-10(6-13)11(16)15-8(2)12(17)18/h3-5,8H,1,6-7,14H2,2H3,(H,15,16)(H,17,18)/b9-4+,10-5+/t8-/m0/s1. The molecule has 0 heterocycles. The first-order valence-corrected chi connectivity index (χ1v) is 5.81. The van der Waals surface area contributed by atoms with Crippen molar-refractivity contribution < 1.29 is 14.7 Å². The summed E-state index contributed by atoms with van der Waals surface area (Å²) >= 11 is 5.63. The molecule has 1 atom stereocenters. The van der Waals surface area contributed by atoms with E-state index in [0.717, 1.165) is 5.57 Å². The van der Waals surface area contributed by atoms with Gasteiger partial charge >= 0.3 is 5.97 Å². The molecule has 0 saturated carbocycles. The fourth-order valence-corrected chi connectivity index (χ4v) is 1.17. The van der Waals surface area contributed by atoms with Gasteiger partial charge in [0.05, 0.1) is 5.88 Å². The minimum absolute atomic E-state index is 0.0241. The third kappa shape index (κ3) is 5.65. The number of carbonyl (C=O) groups is 2. The fraction of sp³-hybridized carbons (Fsp3) is 0.333. The van der Waals surface area contributed by atoms with E-state index in [1.165, 1.54) is 13.0 Å². The number of halogens is 1. The molecular weight excluding hydrogens is 256 g/mol. The number of rotatable bonds is 7. The van der Waals surface area contributed by atoms with Gasteiger partial charge in [-0.05, 0) is 12.5 Å². The maximum atomic E-state index is 11.7. The van der Waals surface area contributed by atoms with Crippen molar-refractivity contribution in [2.75, 3.05) is 12.4 Å². The SMILES string of the molecule is C=C/C(=C\C=C(/CCl)C(=O)N[C@@H](C)C(=O)O)CN. The van der Waals surface area contributed by atoms with Gasteiger partial charge in [0.25, 0.3) is 0 Å². The van der Waals surface area contributed by atoms with E-state index in [4.69, 9.17) is 22.4 Å². The average molecular weight is 273 g/mol. The second-order valence-electron chi connectivity index (χ2n) is 3.51. The van der Waals surface area contributed by atoms with Crippen molar-refractivity contribution in [3.63, 3.8) is 0 Å². The molecule has 0 aromatic heterocycles. The number of hydrogen-bond donors (Lipinski definition) is 3. The Hall–Kier alpha value is -1.59. The van der Waals surface area contributed by atoms with Gasteiger partial charge in [0.2, 0.25) is 5.91 Å². The summed E-state index contributed by atoms with van der Waals surface area (Å²) < 4.78 is 0. The van der Waals surface area contributed by atoms with Crippen molar-refractivity contribution in [1.29, 1.82) is 0 Å². The third-order valence-corrected chi connectivity index (χ3v) is 2.44. The lowest BCUT2D eigenvalue weighted by atomic mass is 10.2. The van der Waals surface area contributed by atoms with Crippen LogP contribution in [-0.2, 0) is 9.59 Å². The van der Waals surface area contributed by atoms with Crippen molar-refractivity contribution in [2.45, 2.75) is 13.0 Å². The van der Waals surface area contributed by atoms with Gasteiger partial charge in [-0.25, -0.2) is 0 Å². The van der Waals surface area contributed by atoms with Crippen molar-refractivity contribution in [1.82, 2.24) is 5.32 Å². The second kappa shape index (κ2) is 8.49. The monoisotopic (exact) mass is 272 g/mol. The Morgan fingerprint density at radius 1 is 1.50 bits per heavy atom. The van der Waals surface area contributed by atoms with Crippen LogP contribution in [0.3, 0.4) is 0 Å². The van der Waals surface area contributed by atoms with Crippen molar-refractivity contribution in [3.8, 4) is 0 Å². The molecule has 0 saturated heterocycles. The predicted octanol–water partition coefficient (Wildman–Crippen LogP) is 0.812. The zero-order valence-corrected chi connectivity index (χ0v) is 10.9. The van der Waals surface area contributed by atoms with Crippen LogP contribution in [0.15, 0.2) is 36.0 Å². The summed E-state index contributed by atoms with van der Waals surface area (Å²) in [6, 6.07) is -0.971. The Bertz CT molecular complexity index is 389. The lowest BCUT2D eigenvalue weighted by molar-refractivity contribution is -0.140. The van der Waals surface area contributed by atoms with Gasteiger partial charge in [-0.3, -0.25) is 9.59 Å². The summed E-state index contributed by atoms with van der Waals surface area (Å²) in [6.45, 7) is 5.23. The van der Waals surface area contributed by atoms with Crippen molar-refractivity contribution in [2.24, 2.45) is 5.73 Å². The molecular formula is C12H17ClN2O3. The number of carboxylic acid groups (broad SMARTS) is 1. The largest absolute Gasteiger partial charge is 0.480 e. The molecule has 0 unspecified atom stereocenters. The van der Waals surface area contributed by atoms with Crippen LogP contribution in [0.1, 0.15) is 6.92 Å². The van der Waals surface area contributed by atoms with E-state index in [-0.39, 0.29) is 11.5 Å². The molecule has 0 bridgehead atoms. The lowest BCUT2D eigenvalue weighted by Gasteiger charge is -2.09. The zero-order chi connectivity index (χ0) is 14.1. The quantitative estimate of drug-likeness (QED) is 0.363. The van der Waals surface area contributed by atoms with Gasteiger partial charge in [-0.15, -0.1) is 11.6 Å². The van der Waals surface area contributed by atoms with E-state index in [0.29, 0.717) is 6.54 Å². The number of hydrogen-bond acceptors (Lipinski definition) is 3. The highest BCUT2D eigenvalue weighted by Gasteiger charge is 2.16. The first-order chi connectivity index (χ1) is 8.46. The van der Waals surface area contributed by atoms with Gasteiger partial charge in [-0.1, -0.05) is 24.8 Å². The zero-order valence-electron chi connectivity index (χ0n) is 10.1. The molecule has 0 aliphatic heterocycles. The molecule has 4 N–H and O–H groups in total. The van der Waals surface area contributed by atoms with Crippen LogP contribution in [0.4, 0.5) is 0 Å². The van der Waals surface area contributed by atoms with E-state index >= 15 is 0 Å². The smallest absolute Gasteiger partial charge is 0.325 e. The lowest BCUT2D eigenvalue weighted by Crippen LogP contribution is -2.39. The van der Waals surface area contributed by atoms with E-state index in [1.807, 2.05) is 0 Å². The average Bonchev–Trinajstić information content (AvgIpc) is 2.34. The van der Waals surface area contributed by atoms with E-state index in [9.17, 15) is 9.59 Å². The Kier molecular flexibility index (Phi) is 7.74. The van der Waals surface area contributed by atoms with Crippen LogP contribution >= 0.6 is 11.6 Å². The summed E-state index contributed by atoms with van der Waals surface area (Å²) in [5.74, 6) is -1.65. The molecule has 0 aliphatic carbocycles. The summed E-state index contributed by atoms with van der Waals surface area (Å²) in [4.78, 5) is 22.3. The van der Waals surface area contributed by atoms with E-state index < -0.39 is 17.9 Å². The minimum Gasteiger partial charge on any atom is -0.480 e. The van der Waals surface area contributed by atoms with Gasteiger partial charge in [0.1, 0.15) is 6.04 Å². The van der Waals surface area contributed by atoms with Gasteiger partial charge in [0, 0.05) is 12.1 Å². The predicted molar refractivity (Wildman–Crippen MR) is 71.4 cm³/mol. The summed E-state index contributed by atoms with van der Waals surface area (Å²) in [5, 5.41) is 11.0. The topological polar surface area (TPSA) is 92.4 Å². The normalized spacial score (nSPS) is 13.9. The van der Waals surface area contributed by atoms with Crippen LogP contribution in [0.5, 0.6) is 0 Å². The summed E-state index contributed by atoms with van der Waals surface area (Å²) in [6.07, 6.45) is 4.69. The highest BCUT2D eigenvalue weighted by atomic mass is 35.5. The van der Waals surface area contributed by atoms with Crippen molar-refractivity contribution in [3.05, 3.63) is 36.0 Å². The Morgan fingerprint density at radius 3 is 2.50 bits per heavy atom. The first-order valence-electron chi connectivity index (χ1n) is 5.28. The number of amides is 1. The molecule has 6 heteroatoms. The molecule has 0 aromatic rings. The highest BCUT2D eigenvalue weighted by molar-refractivity contribution is 6.22. The second-order valence-corrected chi connectivity index (χ2v) is 3.78. The van der Waals surface area contributed by atoms with Crippen LogP contribution in [-0.4, -0.2) is 35.4 Å². The molecule has 0 spiro atoms. The maximum Gasteiger partial charge on any atom is 0.325 e. The Labute approximate surface area is 111 Å². The molecule has 0 radical (unpaired) electrons. The number of nitrogens with two attached hydrogens (primary N) is 1. The van der Waals surface area contributed by atoms with Gasteiger partial charge in [0.15, 0.2) is 0 Å². The Morgan fingerprint density at radius 2 is 2.11 bits per heavy atom. The molecule has 1 amide bonds. The number of allylic oxidation sites excluding steroid dienone is 2. The molecule has 0 rings (SSSR count). The van der Waals surface area contributed by atoms with Crippen LogP contribution < -0.4 is 11.1 Å². The molecule has 5 nitrogen and oxygen atoms in total. The highest BCUT2D eigenvalue weighted by Crippen LogP contribution is 2.02. The van der Waals surface area contributed by atoms with Crippen LogP contribution in [0.2, 0.25) is 0 Å². The fourth-order valence-electron chi connectivity index (χ4n) is 0.959. The number of alkyl halides is 1. The molecule has 0 aliphatic rings. The number of carboxylic acids is 1. The number of nitrogens with one attached hydrogen (secondary N) is 1. The van der Waals surface area contributed by atoms with Crippen LogP contribution in [0, 0.1) is 0 Å². The molecule has 0 aromatic carbocycles. The van der Waals surface area contributed by atoms with Crippen LogP contribution in [0.25, 0.3) is 0 Å². The molecule has 100 valence electrons. The Balaban J connectivity index is 4.82. The van der Waals surface area contributed by atoms with Crippen molar-refractivity contribution >= 4 is 23.5 Å². The minimum atomic E-state index is -1.11. The number of carbonyl (C=O) groups excluding carboxylic acids is 1. The third-order valence-electron chi connectivity index (χ3n) is 2.15. The van der Waals surface area contributed by atoms with Gasteiger partial charge in [-0.2, -0.15) is 0 Å². The summed E-state index contributed by atoms with van der Waals surface area (Å²) in [5.41, 5.74) is 6.44. The summed E-state index contributed by atoms with van der Waals surface area (Å²) in [7, 11) is 0. The molecule has 18 heavy (non-hydrogen) atoms. The first kappa shape index (κ1) is 16.4. The molecule has 0 fully saturated rings. The maximum absolute atomic E-state index is 11.7. The van der Waals surface area contributed by atoms with E-state index in [2.05, 4.69) is 11.9 Å². The van der Waals surface area contributed by atoms with Gasteiger partial charge < -0.3 is 16.2 Å². The van der Waals surface area contributed by atoms with E-state index in [1.54, 1.807) is 12.2 Å².